The van der Waals surface area contributed by atoms with Crippen LogP contribution in [0.15, 0.2) is 35.3 Å². The lowest BCUT2D eigenvalue weighted by atomic mass is 9.99. The van der Waals surface area contributed by atoms with Crippen LogP contribution in [0, 0.1) is 5.92 Å². The van der Waals surface area contributed by atoms with Gasteiger partial charge in [-0.15, -0.1) is 12.4 Å². The third kappa shape index (κ3) is 4.25. The largest absolute Gasteiger partial charge is 0.372 e. The van der Waals surface area contributed by atoms with E-state index in [-0.39, 0.29) is 23.9 Å². The molecule has 1 amide bonds. The molecule has 1 fully saturated rings. The van der Waals surface area contributed by atoms with E-state index in [0.717, 1.165) is 48.9 Å². The van der Waals surface area contributed by atoms with Crippen LogP contribution in [-0.2, 0) is 19.5 Å². The van der Waals surface area contributed by atoms with E-state index < -0.39 is 0 Å². The molecule has 0 saturated carbocycles. The van der Waals surface area contributed by atoms with Gasteiger partial charge in [0, 0.05) is 56.2 Å². The minimum absolute atomic E-state index is 0. The Bertz CT molecular complexity index is 1210. The van der Waals surface area contributed by atoms with Gasteiger partial charge in [0.15, 0.2) is 5.65 Å². The normalized spacial score (nSPS) is 16.4. The van der Waals surface area contributed by atoms with E-state index in [2.05, 4.69) is 44.3 Å². The first-order valence-corrected chi connectivity index (χ1v) is 11.6. The number of nitrogens with one attached hydrogen (secondary N) is 2. The summed E-state index contributed by atoms with van der Waals surface area (Å²) >= 11 is 0. The van der Waals surface area contributed by atoms with Crippen LogP contribution in [0.5, 0.6) is 0 Å². The fraction of sp³-hybridized carbons (Fsp3) is 0.458. The highest BCUT2D eigenvalue weighted by Gasteiger charge is 2.24. The summed E-state index contributed by atoms with van der Waals surface area (Å²) in [6.45, 7) is 8.51. The second kappa shape index (κ2) is 9.57. The van der Waals surface area contributed by atoms with Gasteiger partial charge in [0.1, 0.15) is 5.56 Å². The molecular weight excluding hydrogens is 440 g/mol. The average molecular weight is 471 g/mol. The van der Waals surface area contributed by atoms with Gasteiger partial charge in [-0.3, -0.25) is 9.59 Å². The summed E-state index contributed by atoms with van der Waals surface area (Å²) in [5.41, 5.74) is 4.49. The van der Waals surface area contributed by atoms with Crippen LogP contribution >= 0.6 is 12.4 Å². The Hall–Kier alpha value is -2.84. The Morgan fingerprint density at radius 1 is 1.21 bits per heavy atom. The number of rotatable bonds is 4. The van der Waals surface area contributed by atoms with Gasteiger partial charge in [0.25, 0.3) is 11.5 Å². The van der Waals surface area contributed by atoms with Crippen molar-refractivity contribution in [3.8, 4) is 0 Å². The third-order valence-corrected chi connectivity index (χ3v) is 6.80. The van der Waals surface area contributed by atoms with Crippen molar-refractivity contribution in [1.82, 2.24) is 19.5 Å². The minimum Gasteiger partial charge on any atom is -0.372 e. The topological polar surface area (TPSA) is 83.7 Å². The van der Waals surface area contributed by atoms with Gasteiger partial charge in [-0.25, -0.2) is 0 Å². The maximum atomic E-state index is 13.2. The smallest absolute Gasteiger partial charge is 0.279 e. The highest BCUT2D eigenvalue weighted by atomic mass is 35.5. The minimum atomic E-state index is -0.255. The highest BCUT2D eigenvalue weighted by molar-refractivity contribution is 6.08. The van der Waals surface area contributed by atoms with Crippen LogP contribution in [0.1, 0.15) is 48.3 Å². The summed E-state index contributed by atoms with van der Waals surface area (Å²) in [5.74, 6) is 0.535. The second-order valence-electron chi connectivity index (χ2n) is 8.87. The number of carbonyl (C=O) groups excluding carboxylic acids is 1. The number of aromatic nitrogens is 3. The number of piperidine rings is 1. The number of anilines is 2. The summed E-state index contributed by atoms with van der Waals surface area (Å²) < 4.78 is 3.42. The van der Waals surface area contributed by atoms with Crippen molar-refractivity contribution >= 4 is 35.3 Å². The van der Waals surface area contributed by atoms with Crippen molar-refractivity contribution in [1.29, 1.82) is 0 Å². The van der Waals surface area contributed by atoms with Crippen molar-refractivity contribution in [2.75, 3.05) is 29.9 Å². The first kappa shape index (κ1) is 23.3. The van der Waals surface area contributed by atoms with E-state index in [1.807, 2.05) is 19.1 Å². The molecule has 1 aromatic carbocycles. The third-order valence-electron chi connectivity index (χ3n) is 6.80. The number of carbonyl (C=O) groups is 1. The van der Waals surface area contributed by atoms with Crippen molar-refractivity contribution in [3.05, 3.63) is 57.6 Å². The molecule has 33 heavy (non-hydrogen) atoms. The van der Waals surface area contributed by atoms with Crippen LogP contribution in [0.25, 0.3) is 5.65 Å². The first-order valence-electron chi connectivity index (χ1n) is 11.6. The van der Waals surface area contributed by atoms with Gasteiger partial charge in [0.2, 0.25) is 0 Å². The quantitative estimate of drug-likeness (QED) is 0.612. The van der Waals surface area contributed by atoms with Gasteiger partial charge in [-0.05, 0) is 49.9 Å². The van der Waals surface area contributed by atoms with Crippen LogP contribution in [0.2, 0.25) is 0 Å². The summed E-state index contributed by atoms with van der Waals surface area (Å²) in [7, 11) is 0. The molecule has 0 spiro atoms. The van der Waals surface area contributed by atoms with Crippen LogP contribution in [0.4, 0.5) is 11.4 Å². The number of hydrogen-bond donors (Lipinski definition) is 2. The van der Waals surface area contributed by atoms with E-state index in [9.17, 15) is 9.59 Å². The van der Waals surface area contributed by atoms with Crippen molar-refractivity contribution in [2.45, 2.75) is 46.2 Å². The van der Waals surface area contributed by atoms with Gasteiger partial charge < -0.3 is 20.1 Å². The molecule has 1 saturated heterocycles. The monoisotopic (exact) mass is 470 g/mol. The lowest BCUT2D eigenvalue weighted by Crippen LogP contribution is -2.36. The van der Waals surface area contributed by atoms with Crippen LogP contribution < -0.4 is 21.1 Å². The lowest BCUT2D eigenvalue weighted by Gasteiger charge is -2.32. The zero-order valence-corrected chi connectivity index (χ0v) is 20.0. The Labute approximate surface area is 199 Å². The molecule has 0 radical (unpaired) electrons. The Balaban J connectivity index is 0.00000259. The maximum Gasteiger partial charge on any atom is 0.279 e. The molecular formula is C24H31ClN6O2. The molecule has 2 aliphatic rings. The van der Waals surface area contributed by atoms with Gasteiger partial charge in [-0.1, -0.05) is 6.92 Å². The standard InChI is InChI=1S/C24H30N6O2.ClH/c1-3-29-21-8-11-25-14-19(21)24(32)30-23(29)20(15-26-30)22(31)27-17-4-6-18(7-5-17)28-12-9-16(2)10-13-28;/h4-7,15-16,25H,3,8-14H2,1-2H3,(H,27,31);1H. The molecule has 5 rings (SSSR count). The number of nitrogens with zero attached hydrogens (tertiary/aromatic N) is 4. The molecule has 2 aromatic heterocycles. The fourth-order valence-electron chi connectivity index (χ4n) is 4.90. The first-order chi connectivity index (χ1) is 15.6. The fourth-order valence-corrected chi connectivity index (χ4v) is 4.90. The van der Waals surface area contributed by atoms with Gasteiger partial charge >= 0.3 is 0 Å². The number of benzene rings is 1. The molecule has 0 bridgehead atoms. The average Bonchev–Trinajstić information content (AvgIpc) is 3.26. The summed E-state index contributed by atoms with van der Waals surface area (Å²) in [6.07, 6.45) is 4.69. The molecule has 0 aliphatic carbocycles. The number of fused-ring (bicyclic) bond motifs is 2. The zero-order chi connectivity index (χ0) is 22.2. The van der Waals surface area contributed by atoms with Crippen molar-refractivity contribution in [2.24, 2.45) is 5.92 Å². The van der Waals surface area contributed by atoms with Crippen molar-refractivity contribution < 1.29 is 4.79 Å². The van der Waals surface area contributed by atoms with Crippen LogP contribution in [0.3, 0.4) is 0 Å². The van der Waals surface area contributed by atoms with E-state index in [0.29, 0.717) is 24.3 Å². The molecule has 4 heterocycles. The summed E-state index contributed by atoms with van der Waals surface area (Å²) in [4.78, 5) is 28.5. The molecule has 176 valence electrons. The van der Waals surface area contributed by atoms with E-state index in [4.69, 9.17) is 0 Å². The number of aryl methyl sites for hydroxylation is 1. The van der Waals surface area contributed by atoms with E-state index in [1.54, 1.807) is 0 Å². The Kier molecular flexibility index (Phi) is 6.76. The van der Waals surface area contributed by atoms with Crippen molar-refractivity contribution in [3.63, 3.8) is 0 Å². The summed E-state index contributed by atoms with van der Waals surface area (Å²) in [5, 5.41) is 10.5. The lowest BCUT2D eigenvalue weighted by molar-refractivity contribution is 0.102. The molecule has 0 unspecified atom stereocenters. The Morgan fingerprint density at radius 3 is 2.64 bits per heavy atom. The molecule has 9 heteroatoms. The zero-order valence-electron chi connectivity index (χ0n) is 19.1. The van der Waals surface area contributed by atoms with Gasteiger partial charge in [-0.2, -0.15) is 9.61 Å². The van der Waals surface area contributed by atoms with E-state index in [1.165, 1.54) is 29.2 Å². The van der Waals surface area contributed by atoms with Gasteiger partial charge in [0.05, 0.1) is 11.8 Å². The highest BCUT2D eigenvalue weighted by Crippen LogP contribution is 2.25. The van der Waals surface area contributed by atoms with Crippen LogP contribution in [-0.4, -0.2) is 39.7 Å². The molecule has 2 aliphatic heterocycles. The molecule has 3 aromatic rings. The number of halogens is 1. The Morgan fingerprint density at radius 2 is 1.94 bits per heavy atom. The number of amides is 1. The molecule has 8 nitrogen and oxygen atoms in total. The second-order valence-corrected chi connectivity index (χ2v) is 8.87. The SMILES string of the molecule is CCn1c2c(c(=O)n3ncc(C(=O)Nc4ccc(N5CCC(C)CC5)cc4)c13)CNCC2.Cl. The molecule has 2 N–H and O–H groups in total. The van der Waals surface area contributed by atoms with E-state index >= 15 is 0 Å². The maximum absolute atomic E-state index is 13.2. The molecule has 0 atom stereocenters. The predicted molar refractivity (Wildman–Crippen MR) is 133 cm³/mol. The summed E-state index contributed by atoms with van der Waals surface area (Å²) in [6, 6.07) is 8.01. The number of hydrogen-bond acceptors (Lipinski definition) is 5. The predicted octanol–water partition coefficient (Wildman–Crippen LogP) is 3.07.